The molecule has 3 aliphatic rings. The molecule has 0 aromatic carbocycles. The number of aromatic nitrogens is 2. The Morgan fingerprint density at radius 2 is 2.10 bits per heavy atom. The van der Waals surface area contributed by atoms with Crippen LogP contribution in [0.25, 0.3) is 0 Å². The van der Waals surface area contributed by atoms with Crippen molar-refractivity contribution >= 4 is 26.2 Å². The molecular weight excluding hydrogens is 311 g/mol. The van der Waals surface area contributed by atoms with Gasteiger partial charge in [0.25, 0.3) is 0 Å². The molecule has 3 unspecified atom stereocenters. The van der Waals surface area contributed by atoms with E-state index in [0.29, 0.717) is 0 Å². The van der Waals surface area contributed by atoms with E-state index in [1.165, 1.54) is 25.7 Å². The summed E-state index contributed by atoms with van der Waals surface area (Å²) >= 11 is 0.165. The maximum absolute atomic E-state index is 4.87. The maximum atomic E-state index is 4.87. The molecule has 1 N–H and O–H groups in total. The molecule has 5 heteroatoms. The van der Waals surface area contributed by atoms with Crippen LogP contribution in [0.5, 0.6) is 0 Å². The van der Waals surface area contributed by atoms with E-state index in [0.717, 1.165) is 53.2 Å². The monoisotopic (exact) mass is 333 g/mol. The third-order valence-electron chi connectivity index (χ3n) is 5.05. The number of nitrogens with zero attached hydrogens (tertiary/aromatic N) is 3. The van der Waals surface area contributed by atoms with E-state index in [9.17, 15) is 0 Å². The normalized spacial score (nSPS) is 33.4. The van der Waals surface area contributed by atoms with Crippen molar-refractivity contribution in [2.45, 2.75) is 30.4 Å². The van der Waals surface area contributed by atoms with Gasteiger partial charge < -0.3 is 0 Å². The van der Waals surface area contributed by atoms with Crippen molar-refractivity contribution in [1.82, 2.24) is 15.3 Å². The molecule has 1 aliphatic heterocycles. The summed E-state index contributed by atoms with van der Waals surface area (Å²) in [5.74, 6) is 3.19. The van der Waals surface area contributed by atoms with Crippen LogP contribution in [0.4, 0.5) is 5.82 Å². The SMILES string of the molecule is c1cc(N2CCNCC2)nc([As]C2CC3CCC2C3)n1. The fourth-order valence-corrected chi connectivity index (χ4v) is 7.08. The summed E-state index contributed by atoms with van der Waals surface area (Å²) in [7, 11) is 0. The van der Waals surface area contributed by atoms with Crippen molar-refractivity contribution < 1.29 is 0 Å². The Hall–Kier alpha value is -0.602. The zero-order valence-corrected chi connectivity index (χ0v) is 13.7. The quantitative estimate of drug-likeness (QED) is 0.832. The molecule has 1 aromatic heterocycles. The van der Waals surface area contributed by atoms with Crippen molar-refractivity contribution in [1.29, 1.82) is 0 Å². The molecule has 4 nitrogen and oxygen atoms in total. The van der Waals surface area contributed by atoms with Crippen molar-refractivity contribution in [2.75, 3.05) is 31.1 Å². The van der Waals surface area contributed by atoms with Crippen LogP contribution < -0.4 is 14.8 Å². The molecule has 0 amide bonds. The molecule has 3 atom stereocenters. The van der Waals surface area contributed by atoms with E-state index in [2.05, 4.69) is 21.3 Å². The van der Waals surface area contributed by atoms with Gasteiger partial charge in [-0.25, -0.2) is 0 Å². The van der Waals surface area contributed by atoms with Gasteiger partial charge in [0.1, 0.15) is 0 Å². The van der Waals surface area contributed by atoms with Gasteiger partial charge in [-0.05, 0) is 0 Å². The molecule has 1 saturated heterocycles. The molecule has 0 spiro atoms. The first kappa shape index (κ1) is 13.1. The van der Waals surface area contributed by atoms with E-state index < -0.39 is 0 Å². The van der Waals surface area contributed by atoms with Gasteiger partial charge in [-0.3, -0.25) is 0 Å². The fourth-order valence-electron chi connectivity index (χ4n) is 3.99. The molecule has 1 radical (unpaired) electrons. The number of anilines is 1. The minimum atomic E-state index is 0.165. The van der Waals surface area contributed by atoms with E-state index >= 15 is 0 Å². The van der Waals surface area contributed by atoms with Gasteiger partial charge >= 0.3 is 127 Å². The third-order valence-corrected chi connectivity index (χ3v) is 8.01. The van der Waals surface area contributed by atoms with Crippen LogP contribution in [-0.4, -0.2) is 51.9 Å². The van der Waals surface area contributed by atoms with Crippen LogP contribution >= 0.6 is 0 Å². The average molecular weight is 333 g/mol. The Morgan fingerprint density at radius 3 is 2.85 bits per heavy atom. The van der Waals surface area contributed by atoms with Crippen molar-refractivity contribution in [3.8, 4) is 0 Å². The molecule has 2 bridgehead atoms. The minimum absolute atomic E-state index is 0.165. The number of piperazine rings is 1. The van der Waals surface area contributed by atoms with Crippen LogP contribution in [-0.2, 0) is 0 Å². The number of hydrogen-bond acceptors (Lipinski definition) is 4. The van der Waals surface area contributed by atoms with Gasteiger partial charge in [0.15, 0.2) is 0 Å². The molecule has 2 saturated carbocycles. The summed E-state index contributed by atoms with van der Waals surface area (Å²) in [5.41, 5.74) is 0. The summed E-state index contributed by atoms with van der Waals surface area (Å²) in [6, 6.07) is 2.08. The number of hydrogen-bond donors (Lipinski definition) is 1. The van der Waals surface area contributed by atoms with Crippen molar-refractivity contribution in [2.24, 2.45) is 11.8 Å². The third kappa shape index (κ3) is 2.60. The molecule has 3 fully saturated rings. The average Bonchev–Trinajstić information content (AvgIpc) is 3.11. The summed E-state index contributed by atoms with van der Waals surface area (Å²) < 4.78 is 2.11. The van der Waals surface area contributed by atoms with E-state index in [4.69, 9.17) is 4.98 Å². The van der Waals surface area contributed by atoms with Gasteiger partial charge in [0.2, 0.25) is 0 Å². The second-order valence-corrected chi connectivity index (χ2v) is 9.10. The molecule has 107 valence electrons. The van der Waals surface area contributed by atoms with E-state index in [1.807, 2.05) is 6.20 Å². The predicted molar refractivity (Wildman–Crippen MR) is 81.7 cm³/mol. The number of nitrogens with one attached hydrogen (secondary N) is 1. The summed E-state index contributed by atoms with van der Waals surface area (Å²) in [5, 5.41) is 3.40. The van der Waals surface area contributed by atoms with Crippen molar-refractivity contribution in [3.05, 3.63) is 12.3 Å². The Labute approximate surface area is 127 Å². The predicted octanol–water partition coefficient (Wildman–Crippen LogP) is 0.824. The molecule has 2 aliphatic carbocycles. The standard InChI is InChI=1S/C15H22AsN4/c1-2-12-9-11(1)10-13(12)16-15-18-4-3-14(19-15)20-7-5-17-6-8-20/h3-4,11-13,17H,1-2,5-10H2. The van der Waals surface area contributed by atoms with Crippen LogP contribution in [0.15, 0.2) is 12.3 Å². The van der Waals surface area contributed by atoms with Crippen LogP contribution in [0, 0.1) is 11.8 Å². The second kappa shape index (κ2) is 5.65. The fraction of sp³-hybridized carbons (Fsp3) is 0.733. The van der Waals surface area contributed by atoms with Gasteiger partial charge in [-0.1, -0.05) is 0 Å². The van der Waals surface area contributed by atoms with Crippen LogP contribution in [0.1, 0.15) is 25.7 Å². The summed E-state index contributed by atoms with van der Waals surface area (Å²) in [6.07, 6.45) is 7.90. The van der Waals surface area contributed by atoms with Crippen molar-refractivity contribution in [3.63, 3.8) is 0 Å². The Morgan fingerprint density at radius 1 is 1.20 bits per heavy atom. The van der Waals surface area contributed by atoms with Gasteiger partial charge in [0.05, 0.1) is 0 Å². The molecule has 20 heavy (non-hydrogen) atoms. The van der Waals surface area contributed by atoms with Crippen LogP contribution in [0.2, 0.25) is 4.71 Å². The molecule has 1 aromatic rings. The van der Waals surface area contributed by atoms with Crippen LogP contribution in [0.3, 0.4) is 0 Å². The topological polar surface area (TPSA) is 41.0 Å². The van der Waals surface area contributed by atoms with E-state index in [1.54, 1.807) is 0 Å². The Kier molecular flexibility index (Phi) is 3.70. The Bertz CT molecular complexity index is 475. The molecule has 2 heterocycles. The first-order chi connectivity index (χ1) is 9.88. The van der Waals surface area contributed by atoms with Gasteiger partial charge in [-0.15, -0.1) is 0 Å². The number of fused-ring (bicyclic) bond motifs is 2. The molecular formula is C15H22AsN4. The first-order valence-corrected chi connectivity index (χ1v) is 9.90. The van der Waals surface area contributed by atoms with E-state index in [-0.39, 0.29) is 15.8 Å². The number of rotatable bonds is 3. The zero-order chi connectivity index (χ0) is 13.4. The first-order valence-electron chi connectivity index (χ1n) is 7.88. The summed E-state index contributed by atoms with van der Waals surface area (Å²) in [6.45, 7) is 4.28. The Balaban J connectivity index is 1.45. The van der Waals surface area contributed by atoms with Gasteiger partial charge in [-0.2, -0.15) is 0 Å². The van der Waals surface area contributed by atoms with Gasteiger partial charge in [0, 0.05) is 0 Å². The summed E-state index contributed by atoms with van der Waals surface area (Å²) in [4.78, 5) is 11.8. The molecule has 4 rings (SSSR count). The second-order valence-electron chi connectivity index (χ2n) is 6.32. The zero-order valence-electron chi connectivity index (χ0n) is 11.8.